The molecule has 1 aliphatic heterocycles. The number of halogens is 2. The molecule has 23 heavy (non-hydrogen) atoms. The molecule has 0 spiro atoms. The fourth-order valence-electron chi connectivity index (χ4n) is 3.23. The number of hydrogen-bond acceptors (Lipinski definition) is 3. The Labute approximate surface area is 132 Å². The molecule has 0 unspecified atom stereocenters. The Bertz CT molecular complexity index is 888. The van der Waals surface area contributed by atoms with E-state index in [0.717, 1.165) is 28.6 Å². The first-order valence-corrected chi connectivity index (χ1v) is 7.70. The van der Waals surface area contributed by atoms with Gasteiger partial charge in [0.15, 0.2) is 11.6 Å². The zero-order valence-electron chi connectivity index (χ0n) is 12.7. The van der Waals surface area contributed by atoms with Crippen LogP contribution in [0.15, 0.2) is 24.5 Å². The van der Waals surface area contributed by atoms with Crippen LogP contribution >= 0.6 is 0 Å². The van der Waals surface area contributed by atoms with Crippen LogP contribution in [0.3, 0.4) is 0 Å². The van der Waals surface area contributed by atoms with Crippen LogP contribution in [-0.2, 0) is 19.4 Å². The van der Waals surface area contributed by atoms with E-state index in [1.807, 2.05) is 11.8 Å². The Morgan fingerprint density at radius 3 is 2.96 bits per heavy atom. The Hall–Kier alpha value is -2.50. The molecule has 0 atom stereocenters. The monoisotopic (exact) mass is 314 g/mol. The number of fused-ring (bicyclic) bond motifs is 3. The highest BCUT2D eigenvalue weighted by Gasteiger charge is 2.24. The second kappa shape index (κ2) is 5.30. The number of nitrogens with zero attached hydrogens (tertiary/aromatic N) is 3. The van der Waals surface area contributed by atoms with Crippen LogP contribution in [0.4, 0.5) is 14.6 Å². The molecule has 1 aromatic carbocycles. The Morgan fingerprint density at radius 1 is 1.26 bits per heavy atom. The number of rotatable bonds is 2. The van der Waals surface area contributed by atoms with Gasteiger partial charge in [-0.2, -0.15) is 0 Å². The van der Waals surface area contributed by atoms with Crippen molar-refractivity contribution in [3.8, 4) is 0 Å². The minimum atomic E-state index is -0.357. The van der Waals surface area contributed by atoms with Crippen molar-refractivity contribution in [2.24, 2.45) is 0 Å². The third kappa shape index (κ3) is 2.25. The van der Waals surface area contributed by atoms with E-state index in [1.54, 1.807) is 6.07 Å². The van der Waals surface area contributed by atoms with E-state index >= 15 is 0 Å². The topological polar surface area (TPSA) is 44.8 Å². The molecule has 3 heterocycles. The van der Waals surface area contributed by atoms with E-state index in [2.05, 4.69) is 15.0 Å². The van der Waals surface area contributed by atoms with Gasteiger partial charge in [0.1, 0.15) is 12.1 Å². The van der Waals surface area contributed by atoms with E-state index in [9.17, 15) is 8.78 Å². The van der Waals surface area contributed by atoms with Crippen LogP contribution in [0.5, 0.6) is 0 Å². The highest BCUT2D eigenvalue weighted by Crippen LogP contribution is 2.31. The normalized spacial score (nSPS) is 14.3. The summed E-state index contributed by atoms with van der Waals surface area (Å²) in [4.78, 5) is 13.3. The molecule has 0 radical (unpaired) electrons. The van der Waals surface area contributed by atoms with Gasteiger partial charge in [-0.1, -0.05) is 6.92 Å². The number of anilines is 1. The maximum absolute atomic E-state index is 14.5. The van der Waals surface area contributed by atoms with Crippen LogP contribution in [0, 0.1) is 11.6 Å². The zero-order valence-corrected chi connectivity index (χ0v) is 12.7. The summed E-state index contributed by atoms with van der Waals surface area (Å²) in [5, 5.41) is 0.856. The molecule has 2 aromatic heterocycles. The van der Waals surface area contributed by atoms with Crippen molar-refractivity contribution in [3.05, 3.63) is 53.1 Å². The van der Waals surface area contributed by atoms with Crippen LogP contribution < -0.4 is 4.90 Å². The molecule has 118 valence electrons. The molecular formula is C17H16F2N4. The first-order valence-electron chi connectivity index (χ1n) is 7.70. The van der Waals surface area contributed by atoms with Gasteiger partial charge in [0.25, 0.3) is 0 Å². The van der Waals surface area contributed by atoms with Crippen LogP contribution in [0.25, 0.3) is 10.9 Å². The smallest absolute Gasteiger partial charge is 0.187 e. The van der Waals surface area contributed by atoms with Crippen molar-refractivity contribution < 1.29 is 8.78 Å². The van der Waals surface area contributed by atoms with Crippen molar-refractivity contribution in [1.29, 1.82) is 0 Å². The SMILES string of the molecule is CCc1ncnc(N2CCc3[nH]c4ccc(F)cc4c3C2)c1F. The summed E-state index contributed by atoms with van der Waals surface area (Å²) >= 11 is 0. The maximum Gasteiger partial charge on any atom is 0.187 e. The number of nitrogens with one attached hydrogen (secondary N) is 1. The predicted octanol–water partition coefficient (Wildman–Crippen LogP) is 3.36. The van der Waals surface area contributed by atoms with Crippen molar-refractivity contribution >= 4 is 16.7 Å². The third-order valence-corrected chi connectivity index (χ3v) is 4.41. The maximum atomic E-state index is 14.5. The summed E-state index contributed by atoms with van der Waals surface area (Å²) < 4.78 is 28.1. The van der Waals surface area contributed by atoms with Gasteiger partial charge < -0.3 is 9.88 Å². The van der Waals surface area contributed by atoms with E-state index in [4.69, 9.17) is 0 Å². The second-order valence-electron chi connectivity index (χ2n) is 5.76. The van der Waals surface area contributed by atoms with Gasteiger partial charge in [-0.3, -0.25) is 0 Å². The molecule has 0 fully saturated rings. The van der Waals surface area contributed by atoms with Gasteiger partial charge in [-0.25, -0.2) is 18.7 Å². The van der Waals surface area contributed by atoms with Gasteiger partial charge >= 0.3 is 0 Å². The summed E-state index contributed by atoms with van der Waals surface area (Å²) in [5.41, 5.74) is 3.44. The molecule has 4 nitrogen and oxygen atoms in total. The number of hydrogen-bond donors (Lipinski definition) is 1. The quantitative estimate of drug-likeness (QED) is 0.789. The molecule has 0 saturated carbocycles. The summed E-state index contributed by atoms with van der Waals surface area (Å²) in [7, 11) is 0. The lowest BCUT2D eigenvalue weighted by Crippen LogP contribution is -2.32. The van der Waals surface area contributed by atoms with Crippen LogP contribution in [0.2, 0.25) is 0 Å². The lowest BCUT2D eigenvalue weighted by molar-refractivity contribution is 0.576. The van der Waals surface area contributed by atoms with Gasteiger partial charge in [0, 0.05) is 41.7 Å². The van der Waals surface area contributed by atoms with Crippen LogP contribution in [-0.4, -0.2) is 21.5 Å². The number of aromatic amines is 1. The second-order valence-corrected chi connectivity index (χ2v) is 5.76. The number of H-pyrrole nitrogens is 1. The van der Waals surface area contributed by atoms with Crippen molar-refractivity contribution in [1.82, 2.24) is 15.0 Å². The molecule has 6 heteroatoms. The Balaban J connectivity index is 1.76. The summed E-state index contributed by atoms with van der Waals surface area (Å²) in [6.07, 6.45) is 2.68. The van der Waals surface area contributed by atoms with Gasteiger partial charge in [-0.15, -0.1) is 0 Å². The predicted molar refractivity (Wildman–Crippen MR) is 84.4 cm³/mol. The van der Waals surface area contributed by atoms with Crippen molar-refractivity contribution in [3.63, 3.8) is 0 Å². The molecule has 1 aliphatic rings. The summed E-state index contributed by atoms with van der Waals surface area (Å²) in [6, 6.07) is 4.72. The molecule has 1 N–H and O–H groups in total. The molecule has 3 aromatic rings. The molecule has 0 bridgehead atoms. The van der Waals surface area contributed by atoms with Gasteiger partial charge in [0.2, 0.25) is 0 Å². The van der Waals surface area contributed by atoms with E-state index in [1.165, 1.54) is 18.5 Å². The summed E-state index contributed by atoms with van der Waals surface area (Å²) in [6.45, 7) is 3.04. The fraction of sp³-hybridized carbons (Fsp3) is 0.294. The lowest BCUT2D eigenvalue weighted by Gasteiger charge is -2.28. The largest absolute Gasteiger partial charge is 0.358 e. The minimum absolute atomic E-state index is 0.266. The highest BCUT2D eigenvalue weighted by atomic mass is 19.1. The molecule has 4 rings (SSSR count). The highest BCUT2D eigenvalue weighted by molar-refractivity contribution is 5.85. The lowest BCUT2D eigenvalue weighted by atomic mass is 10.0. The van der Waals surface area contributed by atoms with Crippen LogP contribution in [0.1, 0.15) is 23.9 Å². The van der Waals surface area contributed by atoms with Crippen molar-refractivity contribution in [2.75, 3.05) is 11.4 Å². The number of aryl methyl sites for hydroxylation is 1. The zero-order chi connectivity index (χ0) is 16.0. The van der Waals surface area contributed by atoms with E-state index in [0.29, 0.717) is 31.0 Å². The number of aromatic nitrogens is 3. The molecule has 0 aliphatic carbocycles. The first kappa shape index (κ1) is 14.1. The third-order valence-electron chi connectivity index (χ3n) is 4.41. The minimum Gasteiger partial charge on any atom is -0.358 e. The number of benzene rings is 1. The molecule has 0 amide bonds. The average molecular weight is 314 g/mol. The first-order chi connectivity index (χ1) is 11.2. The van der Waals surface area contributed by atoms with E-state index in [-0.39, 0.29) is 11.6 Å². The molecular weight excluding hydrogens is 298 g/mol. The molecule has 0 saturated heterocycles. The standard InChI is InChI=1S/C17H16F2N4/c1-2-13-16(19)17(21-9-20-13)23-6-5-15-12(8-23)11-7-10(18)3-4-14(11)22-15/h3-4,7,9,22H,2,5-6,8H2,1H3. The fourth-order valence-corrected chi connectivity index (χ4v) is 3.23. The Kier molecular flexibility index (Phi) is 3.25. The average Bonchev–Trinajstić information content (AvgIpc) is 2.92. The van der Waals surface area contributed by atoms with Crippen molar-refractivity contribution in [2.45, 2.75) is 26.3 Å². The van der Waals surface area contributed by atoms with Gasteiger partial charge in [-0.05, 0) is 24.6 Å². The Morgan fingerprint density at radius 2 is 2.13 bits per heavy atom. The van der Waals surface area contributed by atoms with E-state index < -0.39 is 0 Å². The summed E-state index contributed by atoms with van der Waals surface area (Å²) in [5.74, 6) is -0.296. The van der Waals surface area contributed by atoms with Gasteiger partial charge in [0.05, 0.1) is 5.69 Å².